The lowest BCUT2D eigenvalue weighted by Gasteiger charge is -2.13. The van der Waals surface area contributed by atoms with Crippen molar-refractivity contribution in [3.63, 3.8) is 0 Å². The normalized spacial score (nSPS) is 10.4. The van der Waals surface area contributed by atoms with Crippen LogP contribution in [0.2, 0.25) is 5.02 Å². The molecule has 0 aromatic heterocycles. The zero-order valence-electron chi connectivity index (χ0n) is 13.3. The maximum absolute atomic E-state index is 13.3. The highest BCUT2D eigenvalue weighted by Crippen LogP contribution is 2.31. The van der Waals surface area contributed by atoms with E-state index in [0.717, 1.165) is 11.6 Å². The Morgan fingerprint density at radius 3 is 2.25 bits per heavy atom. The fraction of sp³-hybridized carbons (Fsp3) is 0.235. The molecule has 0 bridgehead atoms. The molecule has 0 radical (unpaired) electrons. The lowest BCUT2D eigenvalue weighted by molar-refractivity contribution is 0.0471. The van der Waals surface area contributed by atoms with Crippen LogP contribution in [0.4, 0.5) is 8.78 Å². The molecule has 0 spiro atoms. The summed E-state index contributed by atoms with van der Waals surface area (Å²) in [6.45, 7) is 1.73. The fourth-order valence-corrected chi connectivity index (χ4v) is 2.31. The number of benzene rings is 2. The van der Waals surface area contributed by atoms with Gasteiger partial charge in [0.2, 0.25) is 0 Å². The van der Waals surface area contributed by atoms with Gasteiger partial charge < -0.3 is 14.2 Å². The Bertz CT molecular complexity index is 778. The molecule has 2 rings (SSSR count). The summed E-state index contributed by atoms with van der Waals surface area (Å²) < 4.78 is 41.8. The molecule has 0 amide bonds. The Morgan fingerprint density at radius 1 is 1.04 bits per heavy atom. The molecule has 0 unspecified atom stereocenters. The van der Waals surface area contributed by atoms with Crippen molar-refractivity contribution in [3.8, 4) is 11.5 Å². The summed E-state index contributed by atoms with van der Waals surface area (Å²) in [7, 11) is 3.01. The average molecular weight is 357 g/mol. The van der Waals surface area contributed by atoms with Gasteiger partial charge in [-0.1, -0.05) is 11.6 Å². The van der Waals surface area contributed by atoms with E-state index < -0.39 is 17.6 Å². The minimum absolute atomic E-state index is 0.0830. The second kappa shape index (κ2) is 7.49. The molecule has 0 aliphatic heterocycles. The van der Waals surface area contributed by atoms with Crippen LogP contribution in [0.1, 0.15) is 21.5 Å². The van der Waals surface area contributed by atoms with Gasteiger partial charge in [0.1, 0.15) is 6.61 Å². The first kappa shape index (κ1) is 18.0. The molecule has 0 saturated carbocycles. The first-order valence-corrected chi connectivity index (χ1v) is 7.28. The quantitative estimate of drug-likeness (QED) is 0.592. The van der Waals surface area contributed by atoms with Gasteiger partial charge >= 0.3 is 5.97 Å². The summed E-state index contributed by atoms with van der Waals surface area (Å²) >= 11 is 5.75. The molecule has 7 heteroatoms. The van der Waals surface area contributed by atoms with E-state index in [1.807, 2.05) is 6.92 Å². The Balaban J connectivity index is 2.19. The summed E-state index contributed by atoms with van der Waals surface area (Å²) in [6.07, 6.45) is 0. The third-order valence-corrected chi connectivity index (χ3v) is 3.74. The molecule has 0 N–H and O–H groups in total. The Labute approximate surface area is 142 Å². The monoisotopic (exact) mass is 356 g/mol. The molecule has 2 aromatic rings. The number of hydrogen-bond acceptors (Lipinski definition) is 4. The van der Waals surface area contributed by atoms with Crippen molar-refractivity contribution in [3.05, 3.63) is 57.6 Å². The van der Waals surface area contributed by atoms with Crippen LogP contribution in [0.3, 0.4) is 0 Å². The maximum atomic E-state index is 13.3. The van der Waals surface area contributed by atoms with Crippen LogP contribution >= 0.6 is 11.6 Å². The highest BCUT2D eigenvalue weighted by molar-refractivity contribution is 6.33. The van der Waals surface area contributed by atoms with Crippen molar-refractivity contribution in [2.24, 2.45) is 0 Å². The Hall–Kier alpha value is -2.34. The van der Waals surface area contributed by atoms with Crippen LogP contribution < -0.4 is 9.47 Å². The molecule has 0 saturated heterocycles. The predicted molar refractivity (Wildman–Crippen MR) is 84.8 cm³/mol. The molecule has 128 valence electrons. The molecule has 0 aliphatic rings. The standard InChI is InChI=1S/C17H15ClF2O4/c1-9-4-15(22-2)16(23-3)5-10(9)8-24-17(21)11-6-13(19)14(20)7-12(11)18/h4-7H,8H2,1-3H3. The molecule has 0 atom stereocenters. The molecule has 0 fully saturated rings. The molecular formula is C17H15ClF2O4. The number of aryl methyl sites for hydroxylation is 1. The van der Waals surface area contributed by atoms with Crippen molar-refractivity contribution in [2.75, 3.05) is 14.2 Å². The second-order valence-electron chi connectivity index (χ2n) is 4.96. The van der Waals surface area contributed by atoms with Gasteiger partial charge in [-0.15, -0.1) is 0 Å². The number of halogens is 3. The number of hydrogen-bond donors (Lipinski definition) is 0. The van der Waals surface area contributed by atoms with Gasteiger partial charge in [-0.25, -0.2) is 13.6 Å². The number of esters is 1. The van der Waals surface area contributed by atoms with E-state index in [1.165, 1.54) is 14.2 Å². The predicted octanol–water partition coefficient (Wildman–Crippen LogP) is 4.30. The van der Waals surface area contributed by atoms with Gasteiger partial charge in [0.15, 0.2) is 23.1 Å². The van der Waals surface area contributed by atoms with E-state index >= 15 is 0 Å². The highest BCUT2D eigenvalue weighted by Gasteiger charge is 2.17. The van der Waals surface area contributed by atoms with E-state index in [0.29, 0.717) is 23.1 Å². The minimum atomic E-state index is -1.17. The number of methoxy groups -OCH3 is 2. The molecule has 4 nitrogen and oxygen atoms in total. The van der Waals surface area contributed by atoms with Gasteiger partial charge in [0.05, 0.1) is 24.8 Å². The first-order chi connectivity index (χ1) is 11.4. The summed E-state index contributed by atoms with van der Waals surface area (Å²) in [6, 6.07) is 4.86. The van der Waals surface area contributed by atoms with Crippen LogP contribution in [0.5, 0.6) is 11.5 Å². The maximum Gasteiger partial charge on any atom is 0.340 e. The van der Waals surface area contributed by atoms with Crippen molar-refractivity contribution in [1.29, 1.82) is 0 Å². The highest BCUT2D eigenvalue weighted by atomic mass is 35.5. The number of rotatable bonds is 5. The van der Waals surface area contributed by atoms with E-state index in [4.69, 9.17) is 25.8 Å². The summed E-state index contributed by atoms with van der Waals surface area (Å²) in [5.41, 5.74) is 1.25. The second-order valence-corrected chi connectivity index (χ2v) is 5.36. The minimum Gasteiger partial charge on any atom is -0.493 e. The zero-order chi connectivity index (χ0) is 17.9. The molecule has 24 heavy (non-hydrogen) atoms. The van der Waals surface area contributed by atoms with Gasteiger partial charge in [0, 0.05) is 0 Å². The van der Waals surface area contributed by atoms with E-state index in [2.05, 4.69) is 0 Å². The number of carbonyl (C=O) groups excluding carboxylic acids is 1. The van der Waals surface area contributed by atoms with Crippen LogP contribution in [0, 0.1) is 18.6 Å². The molecule has 0 aliphatic carbocycles. The van der Waals surface area contributed by atoms with E-state index in [9.17, 15) is 13.6 Å². The molecule has 2 aromatic carbocycles. The third kappa shape index (κ3) is 3.76. The lowest BCUT2D eigenvalue weighted by Crippen LogP contribution is -2.08. The van der Waals surface area contributed by atoms with Gasteiger partial charge in [-0.2, -0.15) is 0 Å². The SMILES string of the molecule is COc1cc(C)c(COC(=O)c2cc(F)c(F)cc2Cl)cc1OC. The van der Waals surface area contributed by atoms with E-state index in [-0.39, 0.29) is 17.2 Å². The van der Waals surface area contributed by atoms with Crippen LogP contribution in [0.15, 0.2) is 24.3 Å². The van der Waals surface area contributed by atoms with Crippen molar-refractivity contribution in [2.45, 2.75) is 13.5 Å². The molecular weight excluding hydrogens is 342 g/mol. The third-order valence-electron chi connectivity index (χ3n) is 3.43. The topological polar surface area (TPSA) is 44.8 Å². The average Bonchev–Trinajstić information content (AvgIpc) is 2.56. The van der Waals surface area contributed by atoms with E-state index in [1.54, 1.807) is 12.1 Å². The number of carbonyl (C=O) groups is 1. The van der Waals surface area contributed by atoms with Gasteiger partial charge in [-0.3, -0.25) is 0 Å². The number of ether oxygens (including phenoxy) is 3. The summed E-state index contributed by atoms with van der Waals surface area (Å²) in [5.74, 6) is -2.12. The fourth-order valence-electron chi connectivity index (χ4n) is 2.08. The van der Waals surface area contributed by atoms with Gasteiger partial charge in [-0.05, 0) is 42.3 Å². The van der Waals surface area contributed by atoms with Crippen LogP contribution in [-0.4, -0.2) is 20.2 Å². The van der Waals surface area contributed by atoms with Crippen molar-refractivity contribution < 1.29 is 27.8 Å². The summed E-state index contributed by atoms with van der Waals surface area (Å²) in [4.78, 5) is 12.0. The lowest BCUT2D eigenvalue weighted by atomic mass is 10.1. The smallest absolute Gasteiger partial charge is 0.340 e. The summed E-state index contributed by atoms with van der Waals surface area (Å²) in [5, 5.41) is -0.220. The van der Waals surface area contributed by atoms with Crippen LogP contribution in [0.25, 0.3) is 0 Å². The largest absolute Gasteiger partial charge is 0.493 e. The van der Waals surface area contributed by atoms with Crippen molar-refractivity contribution >= 4 is 17.6 Å². The van der Waals surface area contributed by atoms with Crippen LogP contribution in [-0.2, 0) is 11.3 Å². The molecule has 0 heterocycles. The van der Waals surface area contributed by atoms with Crippen molar-refractivity contribution in [1.82, 2.24) is 0 Å². The Morgan fingerprint density at radius 2 is 1.62 bits per heavy atom. The van der Waals surface area contributed by atoms with Gasteiger partial charge in [0.25, 0.3) is 0 Å². The Kier molecular flexibility index (Phi) is 5.62. The first-order valence-electron chi connectivity index (χ1n) is 6.90. The zero-order valence-corrected chi connectivity index (χ0v) is 14.0.